The van der Waals surface area contributed by atoms with Gasteiger partial charge in [-0.15, -0.1) is 0 Å². The second-order valence-corrected chi connectivity index (χ2v) is 6.25. The monoisotopic (exact) mass is 350 g/mol. The number of anilines is 1. The number of H-pyrrole nitrogens is 1. The number of aromatic amines is 1. The number of fused-ring (bicyclic) bond motifs is 1. The quantitative estimate of drug-likeness (QED) is 0.761. The van der Waals surface area contributed by atoms with E-state index in [1.807, 2.05) is 50.2 Å². The summed E-state index contributed by atoms with van der Waals surface area (Å²) in [6, 6.07) is 15.0. The van der Waals surface area contributed by atoms with Crippen LogP contribution in [0.15, 0.2) is 53.3 Å². The van der Waals surface area contributed by atoms with Crippen molar-refractivity contribution in [1.82, 2.24) is 4.98 Å². The maximum Gasteiger partial charge on any atom is 0.253 e. The third-order valence-electron chi connectivity index (χ3n) is 4.39. The molecule has 0 bridgehead atoms. The van der Waals surface area contributed by atoms with Crippen LogP contribution in [-0.4, -0.2) is 18.0 Å². The molecule has 5 nitrogen and oxygen atoms in total. The third-order valence-corrected chi connectivity index (χ3v) is 4.39. The van der Waals surface area contributed by atoms with Crippen molar-refractivity contribution in [3.63, 3.8) is 0 Å². The molecule has 0 aliphatic carbocycles. The summed E-state index contributed by atoms with van der Waals surface area (Å²) in [6.45, 7) is 4.04. The van der Waals surface area contributed by atoms with Crippen LogP contribution in [0.2, 0.25) is 0 Å². The van der Waals surface area contributed by atoms with Crippen molar-refractivity contribution in [2.24, 2.45) is 0 Å². The number of rotatable bonds is 5. The molecule has 0 radical (unpaired) electrons. The maximum atomic E-state index is 12.5. The van der Waals surface area contributed by atoms with E-state index in [4.69, 9.17) is 4.74 Å². The number of carbonyl (C=O) groups excluding carboxylic acids is 1. The molecule has 2 aromatic carbocycles. The van der Waals surface area contributed by atoms with Gasteiger partial charge in [-0.1, -0.05) is 18.6 Å². The van der Waals surface area contributed by atoms with Crippen molar-refractivity contribution in [1.29, 1.82) is 0 Å². The lowest BCUT2D eigenvalue weighted by molar-refractivity contribution is -0.118. The van der Waals surface area contributed by atoms with Crippen LogP contribution in [0, 0.1) is 6.92 Å². The number of benzene rings is 2. The highest BCUT2D eigenvalue weighted by molar-refractivity contribution is 5.93. The van der Waals surface area contributed by atoms with Crippen molar-refractivity contribution in [2.75, 3.05) is 12.0 Å². The van der Waals surface area contributed by atoms with Gasteiger partial charge < -0.3 is 14.6 Å². The first-order chi connectivity index (χ1) is 12.5. The summed E-state index contributed by atoms with van der Waals surface area (Å²) in [5.41, 5.74) is 3.03. The molecule has 1 N–H and O–H groups in total. The predicted octanol–water partition coefficient (Wildman–Crippen LogP) is 3.79. The van der Waals surface area contributed by atoms with Gasteiger partial charge in [-0.05, 0) is 54.8 Å². The molecule has 0 fully saturated rings. The first-order valence-corrected chi connectivity index (χ1v) is 8.59. The van der Waals surface area contributed by atoms with Gasteiger partial charge >= 0.3 is 0 Å². The van der Waals surface area contributed by atoms with Crippen molar-refractivity contribution in [3.05, 3.63) is 70.0 Å². The summed E-state index contributed by atoms with van der Waals surface area (Å²) >= 11 is 0. The standard InChI is InChI=1S/C21H22N2O3/c1-4-20(24)23(17-6-8-18(26-3)9-7-17)13-16-12-15-11-14(2)5-10-19(15)22-21(16)25/h5-12H,4,13H2,1-3H3,(H,22,25). The van der Waals surface area contributed by atoms with Crippen LogP contribution < -0.4 is 15.2 Å². The van der Waals surface area contributed by atoms with Crippen molar-refractivity contribution in [3.8, 4) is 5.75 Å². The van der Waals surface area contributed by atoms with E-state index in [1.165, 1.54) is 0 Å². The van der Waals surface area contributed by atoms with E-state index in [0.29, 0.717) is 12.0 Å². The van der Waals surface area contributed by atoms with Crippen LogP contribution in [0.4, 0.5) is 5.69 Å². The number of amides is 1. The number of hydrogen-bond acceptors (Lipinski definition) is 3. The molecule has 1 amide bonds. The number of ether oxygens (including phenoxy) is 1. The minimum Gasteiger partial charge on any atom is -0.497 e. The summed E-state index contributed by atoms with van der Waals surface area (Å²) in [4.78, 5) is 29.5. The van der Waals surface area contributed by atoms with E-state index in [-0.39, 0.29) is 18.0 Å². The Balaban J connectivity index is 2.00. The second-order valence-electron chi connectivity index (χ2n) is 6.25. The van der Waals surface area contributed by atoms with Gasteiger partial charge in [0, 0.05) is 23.2 Å². The number of pyridine rings is 1. The molecule has 3 aromatic rings. The van der Waals surface area contributed by atoms with E-state index >= 15 is 0 Å². The zero-order valence-corrected chi connectivity index (χ0v) is 15.2. The summed E-state index contributed by atoms with van der Waals surface area (Å²) in [5.74, 6) is 0.676. The third kappa shape index (κ3) is 3.61. The Kier molecular flexibility index (Phi) is 5.07. The smallest absolute Gasteiger partial charge is 0.253 e. The largest absolute Gasteiger partial charge is 0.497 e. The van der Waals surface area contributed by atoms with Gasteiger partial charge in [0.15, 0.2) is 0 Å². The first-order valence-electron chi connectivity index (χ1n) is 8.59. The van der Waals surface area contributed by atoms with Gasteiger partial charge in [-0.3, -0.25) is 9.59 Å². The number of aryl methyl sites for hydroxylation is 1. The lowest BCUT2D eigenvalue weighted by Crippen LogP contribution is -2.32. The van der Waals surface area contributed by atoms with Crippen LogP contribution in [0.5, 0.6) is 5.75 Å². The molecule has 0 spiro atoms. The van der Waals surface area contributed by atoms with Crippen LogP contribution in [0.25, 0.3) is 10.9 Å². The van der Waals surface area contributed by atoms with Gasteiger partial charge in [0.1, 0.15) is 5.75 Å². The van der Waals surface area contributed by atoms with Crippen molar-refractivity contribution >= 4 is 22.5 Å². The van der Waals surface area contributed by atoms with Gasteiger partial charge in [0.05, 0.1) is 13.7 Å². The predicted molar refractivity (Wildman–Crippen MR) is 104 cm³/mol. The number of methoxy groups -OCH3 is 1. The molecule has 0 unspecified atom stereocenters. The molecule has 5 heteroatoms. The Morgan fingerprint density at radius 1 is 1.12 bits per heavy atom. The molecular formula is C21H22N2O3. The maximum absolute atomic E-state index is 12.5. The van der Waals surface area contributed by atoms with Gasteiger partial charge in [0.2, 0.25) is 5.91 Å². The molecule has 1 heterocycles. The minimum absolute atomic E-state index is 0.0427. The van der Waals surface area contributed by atoms with Crippen LogP contribution >= 0.6 is 0 Å². The number of nitrogens with zero attached hydrogens (tertiary/aromatic N) is 1. The van der Waals surface area contributed by atoms with E-state index in [1.54, 1.807) is 24.1 Å². The fraction of sp³-hybridized carbons (Fsp3) is 0.238. The fourth-order valence-electron chi connectivity index (χ4n) is 2.94. The number of hydrogen-bond donors (Lipinski definition) is 1. The summed E-state index contributed by atoms with van der Waals surface area (Å²) in [7, 11) is 1.60. The number of aromatic nitrogens is 1. The van der Waals surface area contributed by atoms with Crippen LogP contribution in [0.1, 0.15) is 24.5 Å². The van der Waals surface area contributed by atoms with E-state index in [2.05, 4.69) is 4.98 Å². The summed E-state index contributed by atoms with van der Waals surface area (Å²) in [5, 5.41) is 0.957. The lowest BCUT2D eigenvalue weighted by atomic mass is 10.1. The van der Waals surface area contributed by atoms with Crippen LogP contribution in [0.3, 0.4) is 0 Å². The second kappa shape index (κ2) is 7.44. The van der Waals surface area contributed by atoms with Crippen molar-refractivity contribution < 1.29 is 9.53 Å². The molecule has 1 aromatic heterocycles. The average molecular weight is 350 g/mol. The molecule has 0 saturated heterocycles. The van der Waals surface area contributed by atoms with E-state index in [9.17, 15) is 9.59 Å². The fourth-order valence-corrected chi connectivity index (χ4v) is 2.94. The summed E-state index contributed by atoms with van der Waals surface area (Å²) < 4.78 is 5.17. The Bertz CT molecular complexity index is 990. The molecule has 26 heavy (non-hydrogen) atoms. The van der Waals surface area contributed by atoms with E-state index < -0.39 is 0 Å². The molecule has 134 valence electrons. The molecule has 0 saturated carbocycles. The highest BCUT2D eigenvalue weighted by Crippen LogP contribution is 2.22. The molecule has 0 atom stereocenters. The highest BCUT2D eigenvalue weighted by atomic mass is 16.5. The Morgan fingerprint density at radius 3 is 2.50 bits per heavy atom. The van der Waals surface area contributed by atoms with Gasteiger partial charge in [-0.2, -0.15) is 0 Å². The zero-order valence-electron chi connectivity index (χ0n) is 15.2. The number of nitrogens with one attached hydrogen (secondary N) is 1. The minimum atomic E-state index is -0.177. The van der Waals surface area contributed by atoms with Gasteiger partial charge in [-0.25, -0.2) is 0 Å². The summed E-state index contributed by atoms with van der Waals surface area (Å²) in [6.07, 6.45) is 0.358. The normalized spacial score (nSPS) is 10.7. The Morgan fingerprint density at radius 2 is 1.85 bits per heavy atom. The van der Waals surface area contributed by atoms with Gasteiger partial charge in [0.25, 0.3) is 5.56 Å². The highest BCUT2D eigenvalue weighted by Gasteiger charge is 2.17. The SMILES string of the molecule is CCC(=O)N(Cc1cc2cc(C)ccc2[nH]c1=O)c1ccc(OC)cc1. The zero-order chi connectivity index (χ0) is 18.7. The lowest BCUT2D eigenvalue weighted by Gasteiger charge is -2.22. The molecule has 0 aliphatic rings. The molecular weight excluding hydrogens is 328 g/mol. The topological polar surface area (TPSA) is 62.4 Å². The van der Waals surface area contributed by atoms with Crippen LogP contribution in [-0.2, 0) is 11.3 Å². The Labute approximate surface area is 152 Å². The van der Waals surface area contributed by atoms with Crippen molar-refractivity contribution in [2.45, 2.75) is 26.8 Å². The van der Waals surface area contributed by atoms with E-state index in [0.717, 1.165) is 27.9 Å². The average Bonchev–Trinajstić information content (AvgIpc) is 2.66. The molecule has 3 rings (SSSR count). The first kappa shape index (κ1) is 17.7. The number of carbonyl (C=O) groups is 1. The molecule has 0 aliphatic heterocycles. The Hall–Kier alpha value is -3.08.